The summed E-state index contributed by atoms with van der Waals surface area (Å²) in [5.74, 6) is -0.0412. The zero-order valence-corrected chi connectivity index (χ0v) is 30.5. The minimum atomic E-state index is -1.09. The number of aromatic carboxylic acids is 1. The first-order valence-electron chi connectivity index (χ1n) is 16.0. The normalized spacial score (nSPS) is 11.1. The van der Waals surface area contributed by atoms with Gasteiger partial charge in [0.15, 0.2) is 11.3 Å². The fraction of sp³-hybridized carbons (Fsp3) is 0.158. The van der Waals surface area contributed by atoms with E-state index in [1.54, 1.807) is 12.1 Å². The van der Waals surface area contributed by atoms with Gasteiger partial charge >= 0.3 is 11.9 Å². The number of esters is 1. The molecular weight excluding hydrogens is 779 g/mol. The molecule has 0 saturated heterocycles. The number of nitrogens with zero attached hydrogens (tertiary/aromatic N) is 6. The molecule has 4 heterocycles. The second-order valence-electron chi connectivity index (χ2n) is 12.2. The van der Waals surface area contributed by atoms with Crippen LogP contribution in [-0.4, -0.2) is 51.8 Å². The van der Waals surface area contributed by atoms with Gasteiger partial charge in [-0.15, -0.1) is 0 Å². The Balaban J connectivity index is 0.000000192. The molecule has 0 radical (unpaired) electrons. The van der Waals surface area contributed by atoms with Crippen LogP contribution in [0.3, 0.4) is 0 Å². The smallest absolute Gasteiger partial charge is 0.346 e. The molecule has 13 nitrogen and oxygen atoms in total. The Hall–Kier alpha value is -6.03. The van der Waals surface area contributed by atoms with E-state index in [0.29, 0.717) is 29.6 Å². The van der Waals surface area contributed by atoms with E-state index < -0.39 is 17.5 Å². The fourth-order valence-corrected chi connectivity index (χ4v) is 5.59. The van der Waals surface area contributed by atoms with Gasteiger partial charge in [-0.1, -0.05) is 78.9 Å². The van der Waals surface area contributed by atoms with Crippen LogP contribution in [0.4, 0.5) is 0 Å². The summed E-state index contributed by atoms with van der Waals surface area (Å²) in [7, 11) is 0. The van der Waals surface area contributed by atoms with Crippen molar-refractivity contribution in [3.63, 3.8) is 0 Å². The maximum Gasteiger partial charge on any atom is 0.346 e. The molecule has 14 heteroatoms. The summed E-state index contributed by atoms with van der Waals surface area (Å²) in [6, 6.07) is 31.8. The monoisotopic (exact) mass is 812 g/mol. The van der Waals surface area contributed by atoms with Gasteiger partial charge in [0.25, 0.3) is 0 Å². The van der Waals surface area contributed by atoms with Gasteiger partial charge in [0.1, 0.15) is 63.5 Å². The number of carboxylic acids is 1. The van der Waals surface area contributed by atoms with Crippen molar-refractivity contribution >= 4 is 45.8 Å². The van der Waals surface area contributed by atoms with Gasteiger partial charge in [-0.3, -0.25) is 0 Å². The van der Waals surface area contributed by atoms with Crippen LogP contribution in [0.15, 0.2) is 116 Å². The van der Waals surface area contributed by atoms with Crippen molar-refractivity contribution in [2.24, 2.45) is 0 Å². The Bertz CT molecular complexity index is 2310. The molecular formula is C38H33IN6O7. The highest BCUT2D eigenvalue weighted by molar-refractivity contribution is 14.1. The Morgan fingerprint density at radius 2 is 1.21 bits per heavy atom. The summed E-state index contributed by atoms with van der Waals surface area (Å²) in [6.45, 7) is 5.99. The largest absolute Gasteiger partial charge is 0.488 e. The molecule has 7 aromatic rings. The molecule has 1 N–H and O–H groups in total. The predicted molar refractivity (Wildman–Crippen MR) is 199 cm³/mol. The van der Waals surface area contributed by atoms with Crippen molar-refractivity contribution in [3.8, 4) is 23.1 Å². The molecule has 0 unspecified atom stereocenters. The van der Waals surface area contributed by atoms with E-state index in [4.69, 9.17) is 18.9 Å². The van der Waals surface area contributed by atoms with Crippen LogP contribution >= 0.6 is 22.6 Å². The summed E-state index contributed by atoms with van der Waals surface area (Å²) in [5, 5.41) is 17.6. The van der Waals surface area contributed by atoms with Gasteiger partial charge in [-0.2, -0.15) is 14.7 Å². The molecule has 4 aromatic heterocycles. The van der Waals surface area contributed by atoms with Crippen molar-refractivity contribution in [2.45, 2.75) is 39.6 Å². The maximum atomic E-state index is 13.0. The van der Waals surface area contributed by atoms with Crippen molar-refractivity contribution in [1.82, 2.24) is 29.2 Å². The van der Waals surface area contributed by atoms with Gasteiger partial charge in [-0.05, 0) is 66.6 Å². The number of aromatic nitrogens is 6. The average Bonchev–Trinajstić information content (AvgIpc) is 3.82. The van der Waals surface area contributed by atoms with E-state index in [9.17, 15) is 14.7 Å². The lowest BCUT2D eigenvalue weighted by Gasteiger charge is -2.21. The molecule has 0 aliphatic carbocycles. The Labute approximate surface area is 311 Å². The third-order valence-corrected chi connectivity index (χ3v) is 7.98. The Kier molecular flexibility index (Phi) is 10.9. The first-order chi connectivity index (χ1) is 25.1. The third-order valence-electron chi connectivity index (χ3n) is 7.21. The molecule has 0 fully saturated rings. The molecule has 0 spiro atoms. The number of para-hydroxylation sites is 1. The van der Waals surface area contributed by atoms with Crippen LogP contribution in [-0.2, 0) is 18.0 Å². The van der Waals surface area contributed by atoms with Crippen LogP contribution < -0.4 is 14.2 Å². The third kappa shape index (κ3) is 8.63. The zero-order chi connectivity index (χ0) is 36.7. The SMILES string of the molecule is CC(C)(C)OC(=O)c1c(OCc2ccccc2)cc(Oc2ccccc2)n2ncnc12.O=C(O)c1c(OCc2ccccc2)cc(I)n2ncnc12. The lowest BCUT2D eigenvalue weighted by atomic mass is 10.1. The molecule has 0 bridgehead atoms. The van der Waals surface area contributed by atoms with Gasteiger partial charge in [0.05, 0.1) is 0 Å². The minimum Gasteiger partial charge on any atom is -0.488 e. The molecule has 52 heavy (non-hydrogen) atoms. The van der Waals surface area contributed by atoms with Crippen molar-refractivity contribution in [2.75, 3.05) is 0 Å². The summed E-state index contributed by atoms with van der Waals surface area (Å²) < 4.78 is 27.0. The number of rotatable bonds is 10. The predicted octanol–water partition coefficient (Wildman–Crippen LogP) is 7.67. The van der Waals surface area contributed by atoms with Crippen molar-refractivity contribution < 1.29 is 33.6 Å². The molecule has 0 amide bonds. The number of carboxylic acid groups (broad SMARTS) is 1. The van der Waals surface area contributed by atoms with E-state index >= 15 is 0 Å². The number of halogens is 1. The number of carbonyl (C=O) groups is 2. The van der Waals surface area contributed by atoms with E-state index in [1.165, 1.54) is 21.7 Å². The van der Waals surface area contributed by atoms with Crippen molar-refractivity contribution in [3.05, 3.63) is 142 Å². The minimum absolute atomic E-state index is 0.0175. The molecule has 0 aliphatic heterocycles. The summed E-state index contributed by atoms with van der Waals surface area (Å²) in [6.07, 6.45) is 2.69. The second-order valence-corrected chi connectivity index (χ2v) is 13.3. The van der Waals surface area contributed by atoms with E-state index in [1.807, 2.05) is 112 Å². The first kappa shape index (κ1) is 35.8. The van der Waals surface area contributed by atoms with Gasteiger partial charge in [0, 0.05) is 12.1 Å². The van der Waals surface area contributed by atoms with Gasteiger partial charge in [0.2, 0.25) is 5.88 Å². The van der Waals surface area contributed by atoms with E-state index in [2.05, 4.69) is 42.8 Å². The highest BCUT2D eigenvalue weighted by Gasteiger charge is 2.27. The second kappa shape index (κ2) is 15.9. The molecule has 7 rings (SSSR count). The highest BCUT2D eigenvalue weighted by atomic mass is 127. The topological polar surface area (TPSA) is 152 Å². The van der Waals surface area contributed by atoms with E-state index in [0.717, 1.165) is 14.8 Å². The van der Waals surface area contributed by atoms with Crippen LogP contribution in [0.5, 0.6) is 23.1 Å². The summed E-state index contributed by atoms with van der Waals surface area (Å²) >= 11 is 2.06. The summed E-state index contributed by atoms with van der Waals surface area (Å²) in [4.78, 5) is 32.8. The molecule has 264 valence electrons. The van der Waals surface area contributed by atoms with Crippen LogP contribution in [0.2, 0.25) is 0 Å². The average molecular weight is 813 g/mol. The van der Waals surface area contributed by atoms with Crippen LogP contribution in [0.25, 0.3) is 11.3 Å². The van der Waals surface area contributed by atoms with Crippen LogP contribution in [0.1, 0.15) is 52.6 Å². The molecule has 0 atom stereocenters. The van der Waals surface area contributed by atoms with Crippen molar-refractivity contribution in [1.29, 1.82) is 0 Å². The Morgan fingerprint density at radius 1 is 0.712 bits per heavy atom. The number of fused-ring (bicyclic) bond motifs is 2. The molecule has 3 aromatic carbocycles. The highest BCUT2D eigenvalue weighted by Crippen LogP contribution is 2.33. The number of ether oxygens (including phenoxy) is 4. The zero-order valence-electron chi connectivity index (χ0n) is 28.3. The lowest BCUT2D eigenvalue weighted by molar-refractivity contribution is 0.00667. The number of hydrogen-bond donors (Lipinski definition) is 1. The van der Waals surface area contributed by atoms with Crippen LogP contribution in [0, 0.1) is 3.70 Å². The molecule has 0 saturated carbocycles. The Morgan fingerprint density at radius 3 is 1.75 bits per heavy atom. The number of benzene rings is 3. The first-order valence-corrected chi connectivity index (χ1v) is 17.1. The number of hydrogen-bond acceptors (Lipinski definition) is 10. The fourth-order valence-electron chi connectivity index (χ4n) is 4.95. The summed E-state index contributed by atoms with van der Waals surface area (Å²) in [5.41, 5.74) is 2.04. The van der Waals surface area contributed by atoms with E-state index in [-0.39, 0.29) is 29.1 Å². The van der Waals surface area contributed by atoms with Gasteiger partial charge < -0.3 is 24.1 Å². The standard InChI is InChI=1S/C24H23N3O4.C14H10IN3O3/c1-24(2,3)31-23(28)21-19(29-15-17-10-6-4-7-11-17)14-20(27-22(21)25-16-26-27)30-18-12-8-5-9-13-18;15-11-6-10(21-7-9-4-2-1-3-5-9)12(14(19)20)13-16-8-17-18(11)13/h4-14,16H,15H2,1-3H3;1-6,8H,7H2,(H,19,20). The number of pyridine rings is 2. The quantitative estimate of drug-likeness (QED) is 0.0823. The molecule has 0 aliphatic rings. The van der Waals surface area contributed by atoms with Gasteiger partial charge in [-0.25, -0.2) is 24.1 Å². The maximum absolute atomic E-state index is 13.0. The number of carbonyl (C=O) groups excluding carboxylic acids is 1. The lowest BCUT2D eigenvalue weighted by Crippen LogP contribution is -2.25.